The summed E-state index contributed by atoms with van der Waals surface area (Å²) < 4.78 is 5.45. The molecule has 1 amide bonds. The van der Waals surface area contributed by atoms with E-state index in [4.69, 9.17) is 4.74 Å². The third kappa shape index (κ3) is 4.30. The second-order valence-electron chi connectivity index (χ2n) is 8.08. The first-order chi connectivity index (χ1) is 14.2. The van der Waals surface area contributed by atoms with Crippen LogP contribution in [0.1, 0.15) is 55.8 Å². The molecule has 1 saturated heterocycles. The van der Waals surface area contributed by atoms with E-state index < -0.39 is 6.04 Å². The number of ether oxygens (including phenoxy) is 1. The van der Waals surface area contributed by atoms with Gasteiger partial charge in [0.1, 0.15) is 6.04 Å². The molecule has 1 saturated carbocycles. The molecule has 5 heteroatoms. The van der Waals surface area contributed by atoms with Gasteiger partial charge in [0.05, 0.1) is 12.0 Å². The smallest absolute Gasteiger partial charge is 0.329 e. The highest BCUT2D eigenvalue weighted by atomic mass is 32.2. The maximum atomic E-state index is 13.6. The Balaban J connectivity index is 1.64. The van der Waals surface area contributed by atoms with Gasteiger partial charge in [-0.25, -0.2) is 4.79 Å². The fraction of sp³-hybridized carbons (Fsp3) is 0.500. The van der Waals surface area contributed by atoms with E-state index in [-0.39, 0.29) is 17.3 Å². The molecule has 2 fully saturated rings. The van der Waals surface area contributed by atoms with E-state index in [2.05, 4.69) is 0 Å². The Hall–Kier alpha value is -2.01. The molecular weight excluding hydrogens is 382 g/mol. The Kier molecular flexibility index (Phi) is 6.43. The quantitative estimate of drug-likeness (QED) is 0.630. The number of nitrogens with zero attached hydrogens (tertiary/aromatic N) is 1. The molecule has 0 radical (unpaired) electrons. The predicted molar refractivity (Wildman–Crippen MR) is 118 cm³/mol. The first-order valence-electron chi connectivity index (χ1n) is 10.8. The molecule has 0 bridgehead atoms. The van der Waals surface area contributed by atoms with Gasteiger partial charge in [-0.3, -0.25) is 4.79 Å². The van der Waals surface area contributed by atoms with E-state index in [0.717, 1.165) is 30.0 Å². The largest absolute Gasteiger partial charge is 0.464 e. The number of fused-ring (bicyclic) bond motifs is 1. The summed E-state index contributed by atoms with van der Waals surface area (Å²) in [6.07, 6.45) is 6.76. The van der Waals surface area contributed by atoms with Gasteiger partial charge in [0, 0.05) is 11.3 Å². The Labute approximate surface area is 177 Å². The second-order valence-corrected chi connectivity index (χ2v) is 9.23. The lowest BCUT2D eigenvalue weighted by Crippen LogP contribution is -2.48. The van der Waals surface area contributed by atoms with Crippen LogP contribution in [0, 0.1) is 5.92 Å². The fourth-order valence-corrected chi connectivity index (χ4v) is 6.14. The monoisotopic (exact) mass is 411 g/mol. The zero-order valence-corrected chi connectivity index (χ0v) is 17.8. The summed E-state index contributed by atoms with van der Waals surface area (Å²) in [6.45, 7) is 2.39. The van der Waals surface area contributed by atoms with Crippen molar-refractivity contribution in [3.05, 3.63) is 48.0 Å². The van der Waals surface area contributed by atoms with Crippen LogP contribution >= 0.6 is 11.8 Å². The Morgan fingerprint density at radius 2 is 1.83 bits per heavy atom. The number of amides is 1. The van der Waals surface area contributed by atoms with Crippen LogP contribution in [-0.2, 0) is 9.53 Å². The molecule has 0 N–H and O–H groups in total. The SMILES string of the molecule is CCCOC(=O)C1CSC(C2CCCCC2)N1C(=O)c1ccc2ccccc2c1. The van der Waals surface area contributed by atoms with Crippen molar-refractivity contribution in [2.45, 2.75) is 56.9 Å². The van der Waals surface area contributed by atoms with E-state index in [9.17, 15) is 9.59 Å². The van der Waals surface area contributed by atoms with Crippen molar-refractivity contribution in [2.75, 3.05) is 12.4 Å². The maximum absolute atomic E-state index is 13.6. The third-order valence-corrected chi connectivity index (χ3v) is 7.50. The molecule has 2 aliphatic rings. The topological polar surface area (TPSA) is 46.6 Å². The van der Waals surface area contributed by atoms with Crippen LogP contribution in [0.3, 0.4) is 0 Å². The molecule has 2 aromatic rings. The van der Waals surface area contributed by atoms with Crippen molar-refractivity contribution in [3.8, 4) is 0 Å². The van der Waals surface area contributed by atoms with Gasteiger partial charge in [-0.05, 0) is 48.1 Å². The lowest BCUT2D eigenvalue weighted by Gasteiger charge is -2.35. The molecule has 1 aliphatic heterocycles. The first-order valence-corrected chi connectivity index (χ1v) is 11.8. The molecule has 2 unspecified atom stereocenters. The van der Waals surface area contributed by atoms with E-state index in [1.165, 1.54) is 19.3 Å². The van der Waals surface area contributed by atoms with E-state index in [1.54, 1.807) is 11.8 Å². The summed E-state index contributed by atoms with van der Waals surface area (Å²) in [5.41, 5.74) is 0.653. The number of hydrogen-bond acceptors (Lipinski definition) is 4. The molecule has 4 rings (SSSR count). The number of benzene rings is 2. The van der Waals surface area contributed by atoms with Gasteiger partial charge in [0.15, 0.2) is 0 Å². The molecule has 29 heavy (non-hydrogen) atoms. The van der Waals surface area contributed by atoms with Crippen LogP contribution in [0.25, 0.3) is 10.8 Å². The summed E-state index contributed by atoms with van der Waals surface area (Å²) in [5.74, 6) is 0.784. The first kappa shape index (κ1) is 20.3. The number of esters is 1. The van der Waals surface area contributed by atoms with Crippen molar-refractivity contribution in [1.82, 2.24) is 4.90 Å². The van der Waals surface area contributed by atoms with Gasteiger partial charge in [0.2, 0.25) is 0 Å². The van der Waals surface area contributed by atoms with Crippen LogP contribution in [0.2, 0.25) is 0 Å². The highest BCUT2D eigenvalue weighted by Gasteiger charge is 2.45. The van der Waals surface area contributed by atoms with Crippen molar-refractivity contribution in [3.63, 3.8) is 0 Å². The third-order valence-electron chi connectivity index (χ3n) is 6.04. The van der Waals surface area contributed by atoms with E-state index in [1.807, 2.05) is 54.3 Å². The lowest BCUT2D eigenvalue weighted by atomic mass is 9.88. The van der Waals surface area contributed by atoms with Crippen LogP contribution in [0.5, 0.6) is 0 Å². The Morgan fingerprint density at radius 3 is 2.59 bits per heavy atom. The minimum atomic E-state index is -0.488. The van der Waals surface area contributed by atoms with Crippen molar-refractivity contribution in [2.24, 2.45) is 5.92 Å². The molecule has 2 aromatic carbocycles. The van der Waals surface area contributed by atoms with E-state index in [0.29, 0.717) is 23.8 Å². The Bertz CT molecular complexity index is 877. The van der Waals surface area contributed by atoms with E-state index >= 15 is 0 Å². The summed E-state index contributed by atoms with van der Waals surface area (Å²) in [5, 5.41) is 2.22. The average Bonchev–Trinajstić information content (AvgIpc) is 3.22. The minimum Gasteiger partial charge on any atom is -0.464 e. The standard InChI is InChI=1S/C24H29NO3S/c1-2-14-28-24(27)21-16-29-23(18-9-4-3-5-10-18)25(21)22(26)20-13-12-17-8-6-7-11-19(17)15-20/h6-8,11-13,15,18,21,23H,2-5,9-10,14,16H2,1H3. The van der Waals surface area contributed by atoms with Crippen molar-refractivity contribution in [1.29, 1.82) is 0 Å². The van der Waals surface area contributed by atoms with Crippen LogP contribution in [-0.4, -0.2) is 40.6 Å². The second kappa shape index (κ2) is 9.21. The molecule has 4 nitrogen and oxygen atoms in total. The van der Waals surface area contributed by atoms with Crippen LogP contribution in [0.4, 0.5) is 0 Å². The van der Waals surface area contributed by atoms with Gasteiger partial charge >= 0.3 is 5.97 Å². The average molecular weight is 412 g/mol. The van der Waals surface area contributed by atoms with Gasteiger partial charge in [-0.2, -0.15) is 0 Å². The van der Waals surface area contributed by atoms with Crippen LogP contribution < -0.4 is 0 Å². The number of carbonyl (C=O) groups excluding carboxylic acids is 2. The highest BCUT2D eigenvalue weighted by Crippen LogP contribution is 2.41. The molecule has 0 aromatic heterocycles. The zero-order chi connectivity index (χ0) is 20.2. The number of rotatable bonds is 5. The number of thioether (sulfide) groups is 1. The van der Waals surface area contributed by atoms with Crippen LogP contribution in [0.15, 0.2) is 42.5 Å². The summed E-state index contributed by atoms with van der Waals surface area (Å²) in [7, 11) is 0. The zero-order valence-electron chi connectivity index (χ0n) is 17.0. The van der Waals surface area contributed by atoms with Gasteiger partial charge in [-0.15, -0.1) is 11.8 Å². The summed E-state index contributed by atoms with van der Waals surface area (Å²) >= 11 is 1.76. The fourth-order valence-electron chi connectivity index (χ4n) is 4.52. The molecule has 1 aliphatic carbocycles. The molecule has 1 heterocycles. The molecule has 154 valence electrons. The lowest BCUT2D eigenvalue weighted by molar-refractivity contribution is -0.148. The van der Waals surface area contributed by atoms with Crippen molar-refractivity contribution < 1.29 is 14.3 Å². The number of hydrogen-bond donors (Lipinski definition) is 0. The summed E-state index contributed by atoms with van der Waals surface area (Å²) in [6, 6.07) is 13.4. The normalized spacial score (nSPS) is 22.7. The minimum absolute atomic E-state index is 0.0465. The molecule has 0 spiro atoms. The Morgan fingerprint density at radius 1 is 1.07 bits per heavy atom. The van der Waals surface area contributed by atoms with Crippen molar-refractivity contribution >= 4 is 34.4 Å². The number of carbonyl (C=O) groups is 2. The van der Waals surface area contributed by atoms with Gasteiger partial charge in [-0.1, -0.05) is 56.5 Å². The predicted octanol–water partition coefficient (Wildman–Crippen LogP) is 5.26. The summed E-state index contributed by atoms with van der Waals surface area (Å²) in [4.78, 5) is 28.2. The van der Waals surface area contributed by atoms with Gasteiger partial charge < -0.3 is 9.64 Å². The molecule has 2 atom stereocenters. The highest BCUT2D eigenvalue weighted by molar-refractivity contribution is 8.00. The molecular formula is C24H29NO3S. The maximum Gasteiger partial charge on any atom is 0.329 e. The van der Waals surface area contributed by atoms with Gasteiger partial charge in [0.25, 0.3) is 5.91 Å².